The predicted octanol–water partition coefficient (Wildman–Crippen LogP) is 2.76. The van der Waals surface area contributed by atoms with Crippen molar-refractivity contribution >= 4 is 5.97 Å². The summed E-state index contributed by atoms with van der Waals surface area (Å²) in [5.74, 6) is -0.0666. The molecular formula is C17H35NaO2. The molecule has 0 saturated heterocycles. The van der Waals surface area contributed by atoms with E-state index in [1.807, 2.05) is 6.92 Å². The molecule has 0 N–H and O–H groups in total. The van der Waals surface area contributed by atoms with E-state index in [0.29, 0.717) is 13.0 Å². The summed E-state index contributed by atoms with van der Waals surface area (Å²) < 4.78 is 5.04. The van der Waals surface area contributed by atoms with Crippen LogP contribution < -0.4 is 29.6 Å². The zero-order chi connectivity index (χ0) is 14.2. The molecule has 116 valence electrons. The Bertz CT molecular complexity index is 201. The molecule has 0 bridgehead atoms. The van der Waals surface area contributed by atoms with Gasteiger partial charge in [0.1, 0.15) is 0 Å². The zero-order valence-corrected chi connectivity index (χ0v) is 16.2. The third-order valence-electron chi connectivity index (χ3n) is 3.55. The third-order valence-corrected chi connectivity index (χ3v) is 3.55. The van der Waals surface area contributed by atoms with Gasteiger partial charge in [-0.25, -0.2) is 0 Å². The standard InChI is InChI=1S/C17H34O2.Na.H/c1-3-5-6-7-8-9-10-11-12-13-14-15-16-19-17(18)4-2;;/h3-16H2,1-2H3;;/q;+1;-1. The maximum absolute atomic E-state index is 10.9. The summed E-state index contributed by atoms with van der Waals surface area (Å²) >= 11 is 0. The summed E-state index contributed by atoms with van der Waals surface area (Å²) in [5.41, 5.74) is 0. The summed E-state index contributed by atoms with van der Waals surface area (Å²) in [6, 6.07) is 0. The van der Waals surface area contributed by atoms with Crippen LogP contribution in [0.1, 0.15) is 98.7 Å². The molecule has 0 aliphatic carbocycles. The number of carbonyl (C=O) groups is 1. The first kappa shape index (κ1) is 22.7. The van der Waals surface area contributed by atoms with Gasteiger partial charge >= 0.3 is 35.5 Å². The Morgan fingerprint density at radius 1 is 0.750 bits per heavy atom. The van der Waals surface area contributed by atoms with Crippen LogP contribution in [0.25, 0.3) is 0 Å². The molecule has 2 nitrogen and oxygen atoms in total. The minimum Gasteiger partial charge on any atom is -1.00 e. The molecule has 0 aromatic rings. The molecule has 0 aromatic carbocycles. The van der Waals surface area contributed by atoms with Gasteiger partial charge in [-0.3, -0.25) is 4.79 Å². The van der Waals surface area contributed by atoms with E-state index in [0.717, 1.165) is 6.42 Å². The first-order valence-corrected chi connectivity index (χ1v) is 8.46. The Balaban J connectivity index is -0.00000162. The number of hydrogen-bond donors (Lipinski definition) is 0. The van der Waals surface area contributed by atoms with Crippen LogP contribution in [0.5, 0.6) is 0 Å². The van der Waals surface area contributed by atoms with Gasteiger partial charge < -0.3 is 6.16 Å². The molecule has 3 heteroatoms. The summed E-state index contributed by atoms with van der Waals surface area (Å²) in [5, 5.41) is 0. The molecule has 0 atom stereocenters. The van der Waals surface area contributed by atoms with E-state index < -0.39 is 0 Å². The number of carbonyl (C=O) groups excluding carboxylic acids is 1. The molecule has 0 aliphatic rings. The summed E-state index contributed by atoms with van der Waals surface area (Å²) in [4.78, 5) is 10.9. The predicted molar refractivity (Wildman–Crippen MR) is 83.4 cm³/mol. The molecular weight excluding hydrogens is 259 g/mol. The van der Waals surface area contributed by atoms with Crippen molar-refractivity contribution in [2.24, 2.45) is 0 Å². The second kappa shape index (κ2) is 19.5. The van der Waals surface area contributed by atoms with Crippen molar-refractivity contribution < 1.29 is 40.5 Å². The van der Waals surface area contributed by atoms with Gasteiger partial charge in [-0.2, -0.15) is 0 Å². The number of ether oxygens (including phenoxy) is 1. The van der Waals surface area contributed by atoms with Crippen molar-refractivity contribution in [3.8, 4) is 0 Å². The second-order valence-electron chi connectivity index (χ2n) is 5.46. The van der Waals surface area contributed by atoms with E-state index in [1.54, 1.807) is 0 Å². The van der Waals surface area contributed by atoms with Crippen molar-refractivity contribution in [2.45, 2.75) is 97.3 Å². The van der Waals surface area contributed by atoms with Crippen LogP contribution in [0.15, 0.2) is 0 Å². The molecule has 0 heterocycles. The van der Waals surface area contributed by atoms with Crippen molar-refractivity contribution in [1.29, 1.82) is 0 Å². The number of unbranched alkanes of at least 4 members (excludes halogenated alkanes) is 11. The van der Waals surface area contributed by atoms with E-state index in [4.69, 9.17) is 4.74 Å². The Kier molecular flexibility index (Phi) is 22.1. The maximum Gasteiger partial charge on any atom is 1.00 e. The first-order chi connectivity index (χ1) is 9.31. The van der Waals surface area contributed by atoms with Crippen LogP contribution >= 0.6 is 0 Å². The van der Waals surface area contributed by atoms with Gasteiger partial charge in [0.2, 0.25) is 0 Å². The molecule has 0 spiro atoms. The fourth-order valence-corrected chi connectivity index (χ4v) is 2.23. The van der Waals surface area contributed by atoms with Crippen LogP contribution in [-0.2, 0) is 9.53 Å². The molecule has 0 fully saturated rings. The van der Waals surface area contributed by atoms with Gasteiger partial charge in [-0.1, -0.05) is 84.5 Å². The molecule has 20 heavy (non-hydrogen) atoms. The van der Waals surface area contributed by atoms with Crippen LogP contribution in [0, 0.1) is 0 Å². The second-order valence-corrected chi connectivity index (χ2v) is 5.46. The van der Waals surface area contributed by atoms with Crippen LogP contribution in [0.3, 0.4) is 0 Å². The van der Waals surface area contributed by atoms with Crippen molar-refractivity contribution in [3.05, 3.63) is 0 Å². The SMILES string of the molecule is CCCCCCCCCCCCCCOC(=O)CC.[H-].[Na+]. The van der Waals surface area contributed by atoms with Crippen LogP contribution in [0.2, 0.25) is 0 Å². The summed E-state index contributed by atoms with van der Waals surface area (Å²) in [6.45, 7) is 4.72. The molecule has 0 amide bonds. The average Bonchev–Trinajstić information content (AvgIpc) is 2.43. The Morgan fingerprint density at radius 2 is 1.15 bits per heavy atom. The third kappa shape index (κ3) is 18.5. The van der Waals surface area contributed by atoms with Crippen LogP contribution in [-0.4, -0.2) is 12.6 Å². The fraction of sp³-hybridized carbons (Fsp3) is 0.941. The van der Waals surface area contributed by atoms with Crippen molar-refractivity contribution in [2.75, 3.05) is 6.61 Å². The Hall–Kier alpha value is 0.470. The Morgan fingerprint density at radius 3 is 1.55 bits per heavy atom. The molecule has 0 aromatic heterocycles. The van der Waals surface area contributed by atoms with Gasteiger partial charge in [0.15, 0.2) is 0 Å². The largest absolute Gasteiger partial charge is 1.00 e. The number of esters is 1. The van der Waals surface area contributed by atoms with E-state index in [1.165, 1.54) is 70.6 Å². The average molecular weight is 294 g/mol. The minimum absolute atomic E-state index is 0. The number of rotatable bonds is 14. The van der Waals surface area contributed by atoms with Crippen molar-refractivity contribution in [3.63, 3.8) is 0 Å². The Labute approximate surface area is 150 Å². The topological polar surface area (TPSA) is 26.3 Å². The van der Waals surface area contributed by atoms with E-state index in [-0.39, 0.29) is 37.0 Å². The van der Waals surface area contributed by atoms with Crippen LogP contribution in [0.4, 0.5) is 0 Å². The number of hydrogen-bond acceptors (Lipinski definition) is 2. The van der Waals surface area contributed by atoms with E-state index in [9.17, 15) is 4.79 Å². The normalized spacial score (nSPS) is 10.1. The summed E-state index contributed by atoms with van der Waals surface area (Å²) in [7, 11) is 0. The monoisotopic (exact) mass is 294 g/mol. The fourth-order valence-electron chi connectivity index (χ4n) is 2.23. The molecule has 0 aliphatic heterocycles. The van der Waals surface area contributed by atoms with Gasteiger partial charge in [0.05, 0.1) is 6.61 Å². The molecule has 0 saturated carbocycles. The van der Waals surface area contributed by atoms with E-state index in [2.05, 4.69) is 6.92 Å². The smallest absolute Gasteiger partial charge is 1.00 e. The zero-order valence-electron chi connectivity index (χ0n) is 15.2. The van der Waals surface area contributed by atoms with Crippen molar-refractivity contribution in [1.82, 2.24) is 0 Å². The quantitative estimate of drug-likeness (QED) is 0.280. The first-order valence-electron chi connectivity index (χ1n) is 8.46. The minimum atomic E-state index is -0.0666. The maximum atomic E-state index is 10.9. The van der Waals surface area contributed by atoms with Gasteiger partial charge in [-0.05, 0) is 6.42 Å². The van der Waals surface area contributed by atoms with E-state index >= 15 is 0 Å². The summed E-state index contributed by atoms with van der Waals surface area (Å²) in [6.07, 6.45) is 16.6. The van der Waals surface area contributed by atoms with Gasteiger partial charge in [0.25, 0.3) is 0 Å². The van der Waals surface area contributed by atoms with Gasteiger partial charge in [0, 0.05) is 6.42 Å². The van der Waals surface area contributed by atoms with Gasteiger partial charge in [-0.15, -0.1) is 0 Å². The molecule has 0 rings (SSSR count). The molecule has 0 radical (unpaired) electrons. The molecule has 0 unspecified atom stereocenters.